The smallest absolute Gasteiger partial charge is 0.241 e. The van der Waals surface area contributed by atoms with Crippen molar-refractivity contribution >= 4 is 5.91 Å². The van der Waals surface area contributed by atoms with Crippen molar-refractivity contribution in [2.45, 2.75) is 37.9 Å². The van der Waals surface area contributed by atoms with Crippen LogP contribution in [0.5, 0.6) is 5.75 Å². The minimum Gasteiger partial charge on any atom is -0.325 e. The van der Waals surface area contributed by atoms with Crippen LogP contribution < -0.4 is 5.32 Å². The standard InChI is InChI=1S/C15H16N3O2/c16-8-12-2-1-5-18(12)15(20)14-7-10-3-4-13(19)6-11(10)9-17-14/h3-4,6,12,14,17H,1-2,5,7,9H2/t12-,14-/m0/s1. The van der Waals surface area contributed by atoms with Crippen molar-refractivity contribution in [3.8, 4) is 11.8 Å². The first kappa shape index (κ1) is 12.9. The van der Waals surface area contributed by atoms with Gasteiger partial charge < -0.3 is 10.2 Å². The molecule has 5 nitrogen and oxygen atoms in total. The second-order valence-electron chi connectivity index (χ2n) is 5.39. The van der Waals surface area contributed by atoms with E-state index in [9.17, 15) is 9.90 Å². The molecular weight excluding hydrogens is 254 g/mol. The summed E-state index contributed by atoms with van der Waals surface area (Å²) in [6.45, 7) is 1.20. The van der Waals surface area contributed by atoms with Gasteiger partial charge in [-0.1, -0.05) is 6.07 Å². The van der Waals surface area contributed by atoms with Gasteiger partial charge in [-0.25, -0.2) is 0 Å². The largest absolute Gasteiger partial charge is 0.325 e. The zero-order valence-corrected chi connectivity index (χ0v) is 11.1. The molecule has 2 aliphatic rings. The minimum atomic E-state index is -0.283. The van der Waals surface area contributed by atoms with Crippen LogP contribution in [0.25, 0.3) is 0 Å². The fourth-order valence-electron chi connectivity index (χ4n) is 3.03. The van der Waals surface area contributed by atoms with E-state index >= 15 is 0 Å². The van der Waals surface area contributed by atoms with Crippen LogP contribution >= 0.6 is 0 Å². The zero-order chi connectivity index (χ0) is 14.1. The molecule has 0 saturated carbocycles. The van der Waals surface area contributed by atoms with Crippen LogP contribution in [0.2, 0.25) is 0 Å². The molecule has 1 aromatic rings. The lowest BCUT2D eigenvalue weighted by Gasteiger charge is -2.30. The molecule has 3 rings (SSSR count). The molecule has 2 aliphatic heterocycles. The number of rotatable bonds is 1. The van der Waals surface area contributed by atoms with E-state index in [2.05, 4.69) is 11.4 Å². The summed E-state index contributed by atoms with van der Waals surface area (Å²) in [5.74, 6) is 0.00492. The Morgan fingerprint density at radius 2 is 2.25 bits per heavy atom. The Morgan fingerprint density at radius 3 is 3.05 bits per heavy atom. The van der Waals surface area contributed by atoms with Crippen LogP contribution in [0.1, 0.15) is 24.0 Å². The number of carbonyl (C=O) groups is 1. The van der Waals surface area contributed by atoms with Crippen molar-refractivity contribution in [3.05, 3.63) is 29.3 Å². The van der Waals surface area contributed by atoms with E-state index < -0.39 is 0 Å². The summed E-state index contributed by atoms with van der Waals surface area (Å²) in [4.78, 5) is 14.2. The second kappa shape index (κ2) is 5.14. The van der Waals surface area contributed by atoms with Gasteiger partial charge in [0, 0.05) is 13.1 Å². The predicted octanol–water partition coefficient (Wildman–Crippen LogP) is 1.36. The van der Waals surface area contributed by atoms with E-state index in [4.69, 9.17) is 5.26 Å². The molecule has 2 atom stereocenters. The quantitative estimate of drug-likeness (QED) is 0.837. The Bertz CT molecular complexity index is 579. The molecule has 20 heavy (non-hydrogen) atoms. The van der Waals surface area contributed by atoms with Crippen molar-refractivity contribution in [2.75, 3.05) is 6.54 Å². The van der Waals surface area contributed by atoms with Gasteiger partial charge in [0.1, 0.15) is 6.04 Å². The highest BCUT2D eigenvalue weighted by Gasteiger charge is 2.34. The summed E-state index contributed by atoms with van der Waals surface area (Å²) in [5, 5.41) is 23.6. The molecule has 0 spiro atoms. The Hall–Kier alpha value is -2.06. The fraction of sp³-hybridized carbons (Fsp3) is 0.467. The third kappa shape index (κ3) is 2.23. The van der Waals surface area contributed by atoms with Crippen molar-refractivity contribution in [3.63, 3.8) is 0 Å². The van der Waals surface area contributed by atoms with Gasteiger partial charge in [0.15, 0.2) is 5.75 Å². The highest BCUT2D eigenvalue weighted by molar-refractivity contribution is 5.83. The first-order chi connectivity index (χ1) is 9.69. The number of nitriles is 1. The van der Waals surface area contributed by atoms with Crippen LogP contribution in [-0.4, -0.2) is 29.4 Å². The van der Waals surface area contributed by atoms with Crippen molar-refractivity contribution < 1.29 is 9.90 Å². The Morgan fingerprint density at radius 1 is 1.40 bits per heavy atom. The van der Waals surface area contributed by atoms with Gasteiger partial charge in [0.05, 0.1) is 12.1 Å². The number of hydrogen-bond donors (Lipinski definition) is 1. The lowest BCUT2D eigenvalue weighted by atomic mass is 9.95. The van der Waals surface area contributed by atoms with Gasteiger partial charge in [-0.15, -0.1) is 0 Å². The van der Waals surface area contributed by atoms with Crippen molar-refractivity contribution in [1.82, 2.24) is 10.2 Å². The van der Waals surface area contributed by atoms with Crippen LogP contribution in [-0.2, 0) is 22.9 Å². The lowest BCUT2D eigenvalue weighted by molar-refractivity contribution is -0.133. The van der Waals surface area contributed by atoms with Crippen molar-refractivity contribution in [2.24, 2.45) is 0 Å². The maximum absolute atomic E-state index is 12.5. The van der Waals surface area contributed by atoms with E-state index in [0.717, 1.165) is 24.0 Å². The van der Waals surface area contributed by atoms with Gasteiger partial charge in [-0.05, 0) is 42.5 Å². The number of benzene rings is 1. The molecular formula is C15H16N3O2. The minimum absolute atomic E-state index is 0.000543. The Kier molecular flexibility index (Phi) is 3.33. The maximum atomic E-state index is 12.5. The average molecular weight is 270 g/mol. The summed E-state index contributed by atoms with van der Waals surface area (Å²) in [7, 11) is 0. The zero-order valence-electron chi connectivity index (χ0n) is 11.1. The molecule has 1 N–H and O–H groups in total. The van der Waals surface area contributed by atoms with Crippen LogP contribution in [0, 0.1) is 11.3 Å². The molecule has 0 aromatic heterocycles. The lowest BCUT2D eigenvalue weighted by Crippen LogP contribution is -2.50. The third-order valence-corrected chi connectivity index (χ3v) is 4.12. The molecule has 2 heterocycles. The maximum Gasteiger partial charge on any atom is 0.241 e. The van der Waals surface area contributed by atoms with E-state index in [1.165, 1.54) is 0 Å². The predicted molar refractivity (Wildman–Crippen MR) is 71.3 cm³/mol. The number of likely N-dealkylation sites (tertiary alicyclic amines) is 1. The van der Waals surface area contributed by atoms with Gasteiger partial charge in [-0.3, -0.25) is 9.90 Å². The van der Waals surface area contributed by atoms with Crippen LogP contribution in [0.4, 0.5) is 0 Å². The number of nitrogens with zero attached hydrogens (tertiary/aromatic N) is 2. The highest BCUT2D eigenvalue weighted by Crippen LogP contribution is 2.24. The van der Waals surface area contributed by atoms with Gasteiger partial charge in [-0.2, -0.15) is 5.26 Å². The first-order valence-electron chi connectivity index (χ1n) is 6.91. The average Bonchev–Trinajstić information content (AvgIpc) is 2.94. The molecule has 0 bridgehead atoms. The Labute approximate surface area is 117 Å². The number of amides is 1. The monoisotopic (exact) mass is 270 g/mol. The number of hydrogen-bond acceptors (Lipinski definition) is 3. The normalized spacial score (nSPS) is 25.1. The van der Waals surface area contributed by atoms with E-state index in [1.807, 2.05) is 6.07 Å². The fourth-order valence-corrected chi connectivity index (χ4v) is 3.03. The van der Waals surface area contributed by atoms with E-state index in [-0.39, 0.29) is 23.7 Å². The van der Waals surface area contributed by atoms with Crippen LogP contribution in [0.3, 0.4) is 0 Å². The van der Waals surface area contributed by atoms with Gasteiger partial charge in [0.2, 0.25) is 5.91 Å². The molecule has 103 valence electrons. The molecule has 1 saturated heterocycles. The van der Waals surface area contributed by atoms with Gasteiger partial charge in [0.25, 0.3) is 0 Å². The summed E-state index contributed by atoms with van der Waals surface area (Å²) in [5.41, 5.74) is 2.02. The molecule has 1 radical (unpaired) electrons. The molecule has 0 aliphatic carbocycles. The second-order valence-corrected chi connectivity index (χ2v) is 5.39. The summed E-state index contributed by atoms with van der Waals surface area (Å²) in [6, 6.07) is 6.60. The van der Waals surface area contributed by atoms with Crippen molar-refractivity contribution in [1.29, 1.82) is 5.26 Å². The first-order valence-corrected chi connectivity index (χ1v) is 6.91. The number of carbonyl (C=O) groups excluding carboxylic acids is 1. The topological polar surface area (TPSA) is 76.0 Å². The molecule has 1 aromatic carbocycles. The summed E-state index contributed by atoms with van der Waals surface area (Å²) in [6.07, 6.45) is 2.25. The van der Waals surface area contributed by atoms with Gasteiger partial charge >= 0.3 is 0 Å². The third-order valence-electron chi connectivity index (χ3n) is 4.12. The number of nitrogens with one attached hydrogen (secondary N) is 1. The molecule has 0 unspecified atom stereocenters. The molecule has 1 fully saturated rings. The Balaban J connectivity index is 1.75. The SMILES string of the molecule is N#C[C@@H]1CCCN1C(=O)[C@@H]1Cc2ccc([O])cc2CN1. The highest BCUT2D eigenvalue weighted by atomic mass is 16.3. The van der Waals surface area contributed by atoms with Crippen LogP contribution in [0.15, 0.2) is 18.2 Å². The van der Waals surface area contributed by atoms with E-state index in [0.29, 0.717) is 19.5 Å². The molecule has 5 heteroatoms. The summed E-state index contributed by atoms with van der Waals surface area (Å²) >= 11 is 0. The number of fused-ring (bicyclic) bond motifs is 1. The van der Waals surface area contributed by atoms with E-state index in [1.54, 1.807) is 17.0 Å². The molecule has 1 amide bonds. The summed E-state index contributed by atoms with van der Waals surface area (Å²) < 4.78 is 0.